The number of H-pyrrole nitrogens is 1. The van der Waals surface area contributed by atoms with E-state index in [2.05, 4.69) is 20.9 Å². The van der Waals surface area contributed by atoms with Gasteiger partial charge >= 0.3 is 0 Å². The minimum Gasteiger partial charge on any atom is -1.00 e. The average Bonchev–Trinajstić information content (AvgIpc) is 2.65. The fourth-order valence-electron chi connectivity index (χ4n) is 1.50. The quantitative estimate of drug-likeness (QED) is 0.569. The zero-order valence-corrected chi connectivity index (χ0v) is 12.5. The Labute approximate surface area is 119 Å². The van der Waals surface area contributed by atoms with Gasteiger partial charge in [0.05, 0.1) is 0 Å². The van der Waals surface area contributed by atoms with Crippen molar-refractivity contribution in [3.05, 3.63) is 52.5 Å². The van der Waals surface area contributed by atoms with E-state index < -0.39 is 0 Å². The molecule has 0 saturated heterocycles. The van der Waals surface area contributed by atoms with Crippen molar-refractivity contribution in [3.63, 3.8) is 0 Å². The molecule has 0 unspecified atom stereocenters. The second-order valence-electron chi connectivity index (χ2n) is 3.60. The number of benzene rings is 1. The van der Waals surface area contributed by atoms with Crippen molar-refractivity contribution in [2.75, 3.05) is 0 Å². The molecule has 5 heteroatoms. The van der Waals surface area contributed by atoms with E-state index in [4.69, 9.17) is 0 Å². The maximum Gasteiger partial charge on any atom is 0.251 e. The number of halogens is 2. The average molecular weight is 360 g/mol. The van der Waals surface area contributed by atoms with Crippen LogP contribution in [-0.2, 0) is 6.54 Å². The Morgan fingerprint density at radius 1 is 1.35 bits per heavy atom. The van der Waals surface area contributed by atoms with Crippen molar-refractivity contribution in [2.45, 2.75) is 13.5 Å². The number of ketones is 1. The Bertz CT molecular complexity index is 505. The summed E-state index contributed by atoms with van der Waals surface area (Å²) in [6, 6.07) is 7.41. The van der Waals surface area contributed by atoms with Gasteiger partial charge in [0.1, 0.15) is 12.4 Å². The van der Waals surface area contributed by atoms with Crippen LogP contribution in [0.25, 0.3) is 0 Å². The first-order valence-corrected chi connectivity index (χ1v) is 5.78. The zero-order chi connectivity index (χ0) is 11.5. The van der Waals surface area contributed by atoms with Crippen LogP contribution in [0.1, 0.15) is 16.2 Å². The number of nitrogens with one attached hydrogen (secondary N) is 1. The summed E-state index contributed by atoms with van der Waals surface area (Å²) in [5.74, 6) is 1.09. The maximum atomic E-state index is 11.9. The van der Waals surface area contributed by atoms with Crippen molar-refractivity contribution in [3.8, 4) is 0 Å². The summed E-state index contributed by atoms with van der Waals surface area (Å²) in [4.78, 5) is 15.0. The molecule has 0 fully saturated rings. The molecule has 0 spiro atoms. The largest absolute Gasteiger partial charge is 1.00 e. The van der Waals surface area contributed by atoms with E-state index in [1.54, 1.807) is 0 Å². The molecule has 17 heavy (non-hydrogen) atoms. The van der Waals surface area contributed by atoms with E-state index in [0.29, 0.717) is 6.54 Å². The first kappa shape index (κ1) is 14.1. The van der Waals surface area contributed by atoms with E-state index >= 15 is 0 Å². The number of aromatic nitrogens is 2. The first-order chi connectivity index (χ1) is 7.66. The van der Waals surface area contributed by atoms with Crippen molar-refractivity contribution in [1.29, 1.82) is 0 Å². The van der Waals surface area contributed by atoms with Gasteiger partial charge in [-0.1, -0.05) is 28.1 Å². The molecule has 0 aliphatic carbocycles. The second-order valence-corrected chi connectivity index (χ2v) is 4.52. The summed E-state index contributed by atoms with van der Waals surface area (Å²) >= 11 is 3.35. The van der Waals surface area contributed by atoms with E-state index in [1.165, 1.54) is 0 Å². The van der Waals surface area contributed by atoms with Gasteiger partial charge in [-0.2, -0.15) is 0 Å². The van der Waals surface area contributed by atoms with Gasteiger partial charge in [0, 0.05) is 17.0 Å². The lowest BCUT2D eigenvalue weighted by atomic mass is 10.1. The predicted molar refractivity (Wildman–Crippen MR) is 64.2 cm³/mol. The van der Waals surface area contributed by atoms with Crippen molar-refractivity contribution in [1.82, 2.24) is 4.98 Å². The van der Waals surface area contributed by atoms with Gasteiger partial charge in [-0.25, -0.2) is 9.55 Å². The minimum atomic E-state index is 0. The van der Waals surface area contributed by atoms with Crippen LogP contribution in [0.3, 0.4) is 0 Å². The van der Waals surface area contributed by atoms with Crippen LogP contribution in [0, 0.1) is 6.92 Å². The normalized spacial score (nSPS) is 9.76. The van der Waals surface area contributed by atoms with Crippen LogP contribution in [0.5, 0.6) is 0 Å². The Hall–Kier alpha value is -0.940. The number of carbonyl (C=O) groups excluding carboxylic acids is 1. The molecule has 0 radical (unpaired) electrons. The Kier molecular flexibility index (Phi) is 5.08. The molecule has 1 aromatic carbocycles. The number of Topliss-reactive ketones (excluding diaryl/α,β-unsaturated/α-hetero) is 1. The third kappa shape index (κ3) is 3.51. The van der Waals surface area contributed by atoms with Gasteiger partial charge < -0.3 is 17.0 Å². The SMILES string of the molecule is Cc1[nH]cc[n+]1CC(=O)c1ccc(Br)cc1.[Br-]. The third-order valence-corrected chi connectivity index (χ3v) is 2.99. The van der Waals surface area contributed by atoms with Crippen LogP contribution >= 0.6 is 15.9 Å². The molecule has 3 nitrogen and oxygen atoms in total. The monoisotopic (exact) mass is 358 g/mol. The number of aromatic amines is 1. The van der Waals surface area contributed by atoms with E-state index in [1.807, 2.05) is 48.1 Å². The minimum absolute atomic E-state index is 0. The van der Waals surface area contributed by atoms with Crippen LogP contribution in [-0.4, -0.2) is 10.8 Å². The van der Waals surface area contributed by atoms with E-state index in [0.717, 1.165) is 15.9 Å². The molecule has 0 aliphatic rings. The number of hydrogen-bond donors (Lipinski definition) is 1. The van der Waals surface area contributed by atoms with E-state index in [-0.39, 0.29) is 22.8 Å². The Morgan fingerprint density at radius 3 is 2.53 bits per heavy atom. The summed E-state index contributed by atoms with van der Waals surface area (Å²) < 4.78 is 2.87. The van der Waals surface area contributed by atoms with Crippen LogP contribution in [0.15, 0.2) is 41.1 Å². The molecule has 2 aromatic rings. The van der Waals surface area contributed by atoms with Crippen LogP contribution < -0.4 is 21.5 Å². The molecule has 0 saturated carbocycles. The van der Waals surface area contributed by atoms with Crippen molar-refractivity contribution >= 4 is 21.7 Å². The number of imidazole rings is 1. The highest BCUT2D eigenvalue weighted by atomic mass is 79.9. The number of rotatable bonds is 3. The summed E-state index contributed by atoms with van der Waals surface area (Å²) in [7, 11) is 0. The molecule has 2 rings (SSSR count). The molecule has 0 aliphatic heterocycles. The molecule has 1 N–H and O–H groups in total. The number of carbonyl (C=O) groups is 1. The lowest BCUT2D eigenvalue weighted by Crippen LogP contribution is -3.00. The zero-order valence-electron chi connectivity index (χ0n) is 9.28. The Balaban J connectivity index is 0.00000144. The topological polar surface area (TPSA) is 36.7 Å². The highest BCUT2D eigenvalue weighted by Gasteiger charge is 2.12. The highest BCUT2D eigenvalue weighted by Crippen LogP contribution is 2.10. The summed E-state index contributed by atoms with van der Waals surface area (Å²) in [6.45, 7) is 2.31. The predicted octanol–water partition coefficient (Wildman–Crippen LogP) is -0.740. The van der Waals surface area contributed by atoms with Gasteiger partial charge in [-0.3, -0.25) is 4.79 Å². The molecular weight excluding hydrogens is 348 g/mol. The fraction of sp³-hybridized carbons (Fsp3) is 0.167. The second kappa shape index (κ2) is 6.12. The molecule has 0 bridgehead atoms. The number of aryl methyl sites for hydroxylation is 1. The van der Waals surface area contributed by atoms with Crippen molar-refractivity contribution < 1.29 is 26.3 Å². The van der Waals surface area contributed by atoms with Gasteiger partial charge in [0.15, 0.2) is 6.54 Å². The van der Waals surface area contributed by atoms with E-state index in [9.17, 15) is 4.79 Å². The highest BCUT2D eigenvalue weighted by molar-refractivity contribution is 9.10. The van der Waals surface area contributed by atoms with Gasteiger partial charge in [0.25, 0.3) is 5.82 Å². The van der Waals surface area contributed by atoms with Gasteiger partial charge in [-0.05, 0) is 12.1 Å². The molecule has 1 aromatic heterocycles. The van der Waals surface area contributed by atoms with Crippen LogP contribution in [0.4, 0.5) is 0 Å². The molecule has 0 atom stereocenters. The van der Waals surface area contributed by atoms with Crippen LogP contribution in [0.2, 0.25) is 0 Å². The fourth-order valence-corrected chi connectivity index (χ4v) is 1.76. The first-order valence-electron chi connectivity index (χ1n) is 4.99. The van der Waals surface area contributed by atoms with Crippen molar-refractivity contribution in [2.24, 2.45) is 0 Å². The smallest absolute Gasteiger partial charge is 0.251 e. The third-order valence-electron chi connectivity index (χ3n) is 2.46. The molecular formula is C12H12Br2N2O. The summed E-state index contributed by atoms with van der Waals surface area (Å²) in [6.07, 6.45) is 3.69. The standard InChI is InChI=1S/C12H11BrN2O.BrH/c1-9-14-6-7-15(9)8-12(16)10-2-4-11(13)5-3-10;/h2-7H,8H2,1H3;1H. The summed E-state index contributed by atoms with van der Waals surface area (Å²) in [5.41, 5.74) is 0.733. The maximum absolute atomic E-state index is 11.9. The number of nitrogens with zero attached hydrogens (tertiary/aromatic N) is 1. The summed E-state index contributed by atoms with van der Waals surface area (Å²) in [5, 5.41) is 0. The molecule has 1 heterocycles. The van der Waals surface area contributed by atoms with Gasteiger partial charge in [0.2, 0.25) is 5.78 Å². The number of hydrogen-bond acceptors (Lipinski definition) is 1. The lowest BCUT2D eigenvalue weighted by molar-refractivity contribution is -0.687. The molecule has 0 amide bonds. The lowest BCUT2D eigenvalue weighted by Gasteiger charge is -1.99. The molecule has 90 valence electrons. The Morgan fingerprint density at radius 2 is 2.00 bits per heavy atom. The van der Waals surface area contributed by atoms with Gasteiger partial charge in [-0.15, -0.1) is 0 Å².